The van der Waals surface area contributed by atoms with Gasteiger partial charge in [0.1, 0.15) is 5.69 Å². The molecule has 1 N–H and O–H groups in total. The number of nitrogens with zero attached hydrogens (tertiary/aromatic N) is 6. The van der Waals surface area contributed by atoms with Gasteiger partial charge in [-0.3, -0.25) is 9.48 Å². The predicted octanol–water partition coefficient (Wildman–Crippen LogP) is 4.42. The molecule has 1 amide bonds. The third-order valence-electron chi connectivity index (χ3n) is 6.50. The monoisotopic (exact) mass is 483 g/mol. The predicted molar refractivity (Wildman–Crippen MR) is 139 cm³/mol. The Morgan fingerprint density at radius 2 is 2.00 bits per heavy atom. The van der Waals surface area contributed by atoms with E-state index < -0.39 is 0 Å². The van der Waals surface area contributed by atoms with Crippen LogP contribution in [0.4, 0.5) is 0 Å². The molecule has 0 bridgehead atoms. The van der Waals surface area contributed by atoms with E-state index in [4.69, 9.17) is 14.7 Å². The Bertz CT molecular complexity index is 1580. The number of rotatable bonds is 7. The number of carbonyl (C=O) groups is 1. The maximum Gasteiger partial charge on any atom is 0.273 e. The molecule has 9 nitrogen and oxygen atoms in total. The number of H-pyrrole nitrogens is 1. The first-order valence-corrected chi connectivity index (χ1v) is 11.9. The van der Waals surface area contributed by atoms with Crippen molar-refractivity contribution in [2.75, 3.05) is 14.2 Å². The number of hydrogen-bond donors (Lipinski definition) is 1. The summed E-state index contributed by atoms with van der Waals surface area (Å²) in [7, 11) is 3.44. The molecule has 9 heteroatoms. The summed E-state index contributed by atoms with van der Waals surface area (Å²) in [5, 5.41) is 5.11. The van der Waals surface area contributed by atoms with Crippen LogP contribution in [-0.2, 0) is 24.4 Å². The molecule has 0 aliphatic rings. The van der Waals surface area contributed by atoms with E-state index in [-0.39, 0.29) is 5.91 Å². The van der Waals surface area contributed by atoms with Crippen LogP contribution in [0.2, 0.25) is 0 Å². The van der Waals surface area contributed by atoms with Gasteiger partial charge in [-0.15, -0.1) is 0 Å². The molecule has 3 heterocycles. The fraction of sp³-hybridized carbons (Fsp3) is 0.296. The zero-order valence-electron chi connectivity index (χ0n) is 21.2. The van der Waals surface area contributed by atoms with Crippen molar-refractivity contribution in [2.24, 2.45) is 0 Å². The molecule has 0 saturated carbocycles. The van der Waals surface area contributed by atoms with Gasteiger partial charge in [-0.05, 0) is 56.2 Å². The number of ether oxygens (including phenoxy) is 1. The third kappa shape index (κ3) is 4.22. The van der Waals surface area contributed by atoms with Crippen molar-refractivity contribution in [3.8, 4) is 11.4 Å². The number of aromatic nitrogens is 6. The average molecular weight is 484 g/mol. The highest BCUT2D eigenvalue weighted by Crippen LogP contribution is 2.27. The Kier molecular flexibility index (Phi) is 6.24. The second kappa shape index (κ2) is 9.50. The minimum Gasteiger partial charge on any atom is -0.380 e. The molecule has 0 aliphatic heterocycles. The van der Waals surface area contributed by atoms with E-state index in [2.05, 4.69) is 15.1 Å². The van der Waals surface area contributed by atoms with Crippen molar-refractivity contribution in [3.05, 3.63) is 70.9 Å². The lowest BCUT2D eigenvalue weighted by Crippen LogP contribution is -2.28. The second-order valence-electron chi connectivity index (χ2n) is 9.00. The molecule has 5 aromatic rings. The van der Waals surface area contributed by atoms with Crippen LogP contribution in [-0.4, -0.2) is 54.7 Å². The number of imidazole rings is 1. The van der Waals surface area contributed by atoms with Crippen LogP contribution in [0.25, 0.3) is 33.3 Å². The molecule has 0 saturated heterocycles. The lowest BCUT2D eigenvalue weighted by Gasteiger charge is -2.18. The standard InChI is InChI=1S/C27H29N7O2/c1-6-34-17(3)20(12-30-34)13-33(4)27(35)25-21-10-18(14-36-5)7-8-22(21)31-26(32-25)19-9-16(2)24-23(11-19)28-15-29-24/h7-12,15H,6,13-14H2,1-5H3,(H,28,29). The van der Waals surface area contributed by atoms with E-state index in [1.165, 1.54) is 0 Å². The molecular formula is C27H29N7O2. The zero-order valence-corrected chi connectivity index (χ0v) is 21.2. The summed E-state index contributed by atoms with van der Waals surface area (Å²) in [5.41, 5.74) is 7.71. The van der Waals surface area contributed by atoms with Crippen LogP contribution < -0.4 is 0 Å². The van der Waals surface area contributed by atoms with Crippen LogP contribution in [0.5, 0.6) is 0 Å². The van der Waals surface area contributed by atoms with Gasteiger partial charge in [0.25, 0.3) is 5.91 Å². The Morgan fingerprint density at radius 3 is 2.75 bits per heavy atom. The van der Waals surface area contributed by atoms with Gasteiger partial charge in [0.15, 0.2) is 5.82 Å². The summed E-state index contributed by atoms with van der Waals surface area (Å²) in [6.07, 6.45) is 3.50. The van der Waals surface area contributed by atoms with Gasteiger partial charge >= 0.3 is 0 Å². The fourth-order valence-corrected chi connectivity index (χ4v) is 4.55. The number of amides is 1. The maximum absolute atomic E-state index is 13.8. The summed E-state index contributed by atoms with van der Waals surface area (Å²) in [6.45, 7) is 7.73. The number of nitrogens with one attached hydrogen (secondary N) is 1. The largest absolute Gasteiger partial charge is 0.380 e. The van der Waals surface area contributed by atoms with Gasteiger partial charge < -0.3 is 14.6 Å². The summed E-state index contributed by atoms with van der Waals surface area (Å²) in [4.78, 5) is 32.7. The summed E-state index contributed by atoms with van der Waals surface area (Å²) < 4.78 is 7.24. The molecule has 0 fully saturated rings. The molecule has 36 heavy (non-hydrogen) atoms. The minimum absolute atomic E-state index is 0.179. The highest BCUT2D eigenvalue weighted by molar-refractivity contribution is 6.05. The average Bonchev–Trinajstić information content (AvgIpc) is 3.50. The number of benzene rings is 2. The first kappa shape index (κ1) is 23.6. The lowest BCUT2D eigenvalue weighted by molar-refractivity contribution is 0.0781. The number of methoxy groups -OCH3 is 1. The van der Waals surface area contributed by atoms with Crippen LogP contribution in [0, 0.1) is 13.8 Å². The molecule has 0 radical (unpaired) electrons. The highest BCUT2D eigenvalue weighted by atomic mass is 16.5. The van der Waals surface area contributed by atoms with Gasteiger partial charge in [0, 0.05) is 49.5 Å². The van der Waals surface area contributed by atoms with E-state index in [1.54, 1.807) is 25.4 Å². The summed E-state index contributed by atoms with van der Waals surface area (Å²) in [6, 6.07) is 9.79. The van der Waals surface area contributed by atoms with Gasteiger partial charge in [-0.1, -0.05) is 6.07 Å². The first-order chi connectivity index (χ1) is 17.4. The molecule has 5 rings (SSSR count). The normalized spacial score (nSPS) is 11.5. The summed E-state index contributed by atoms with van der Waals surface area (Å²) >= 11 is 0. The van der Waals surface area contributed by atoms with Crippen molar-refractivity contribution < 1.29 is 9.53 Å². The van der Waals surface area contributed by atoms with E-state index >= 15 is 0 Å². The highest BCUT2D eigenvalue weighted by Gasteiger charge is 2.21. The number of fused-ring (bicyclic) bond motifs is 2. The SMILES string of the molecule is CCn1ncc(CN(C)C(=O)c2nc(-c3cc(C)c4nc[nH]c4c3)nc3ccc(COC)cc23)c1C. The van der Waals surface area contributed by atoms with E-state index in [0.29, 0.717) is 35.6 Å². The lowest BCUT2D eigenvalue weighted by atomic mass is 10.1. The van der Waals surface area contributed by atoms with E-state index in [0.717, 1.165) is 45.5 Å². The van der Waals surface area contributed by atoms with Gasteiger partial charge in [0.05, 0.1) is 35.7 Å². The molecular weight excluding hydrogens is 454 g/mol. The van der Waals surface area contributed by atoms with Crippen LogP contribution >= 0.6 is 0 Å². The second-order valence-corrected chi connectivity index (χ2v) is 9.00. The number of aryl methyl sites for hydroxylation is 2. The van der Waals surface area contributed by atoms with Crippen LogP contribution in [0.1, 0.15) is 39.8 Å². The number of aromatic amines is 1. The molecule has 0 atom stereocenters. The molecule has 2 aromatic carbocycles. The van der Waals surface area contributed by atoms with E-state index in [9.17, 15) is 4.79 Å². The number of carbonyl (C=O) groups excluding carboxylic acids is 1. The van der Waals surface area contributed by atoms with Gasteiger partial charge in [-0.2, -0.15) is 5.10 Å². The Balaban J connectivity index is 1.61. The van der Waals surface area contributed by atoms with Crippen molar-refractivity contribution in [1.29, 1.82) is 0 Å². The van der Waals surface area contributed by atoms with Crippen molar-refractivity contribution in [2.45, 2.75) is 40.5 Å². The smallest absolute Gasteiger partial charge is 0.273 e. The molecule has 184 valence electrons. The molecule has 0 aliphatic carbocycles. The van der Waals surface area contributed by atoms with Gasteiger partial charge in [-0.25, -0.2) is 15.0 Å². The third-order valence-corrected chi connectivity index (χ3v) is 6.50. The first-order valence-electron chi connectivity index (χ1n) is 11.9. The Morgan fingerprint density at radius 1 is 1.17 bits per heavy atom. The molecule has 0 spiro atoms. The van der Waals surface area contributed by atoms with Crippen molar-refractivity contribution in [1.82, 2.24) is 34.6 Å². The quantitative estimate of drug-likeness (QED) is 0.368. The van der Waals surface area contributed by atoms with Crippen LogP contribution in [0.15, 0.2) is 42.9 Å². The molecule has 0 unspecified atom stereocenters. The van der Waals surface area contributed by atoms with Crippen molar-refractivity contribution >= 4 is 27.8 Å². The van der Waals surface area contributed by atoms with Gasteiger partial charge in [0.2, 0.25) is 0 Å². The molecule has 3 aromatic heterocycles. The number of hydrogen-bond acceptors (Lipinski definition) is 6. The Hall–Kier alpha value is -4.11. The van der Waals surface area contributed by atoms with E-state index in [1.807, 2.05) is 62.0 Å². The topological polar surface area (TPSA) is 102 Å². The van der Waals surface area contributed by atoms with Crippen LogP contribution in [0.3, 0.4) is 0 Å². The van der Waals surface area contributed by atoms with Crippen molar-refractivity contribution in [3.63, 3.8) is 0 Å². The zero-order chi connectivity index (χ0) is 25.4. The fourth-order valence-electron chi connectivity index (χ4n) is 4.55. The minimum atomic E-state index is -0.179. The Labute approximate surface area is 209 Å². The summed E-state index contributed by atoms with van der Waals surface area (Å²) in [5.74, 6) is 0.314. The maximum atomic E-state index is 13.8.